The summed E-state index contributed by atoms with van der Waals surface area (Å²) in [7, 11) is 0. The average Bonchev–Trinajstić information content (AvgIpc) is 3.10. The molecule has 1 aliphatic rings. The fourth-order valence-corrected chi connectivity index (χ4v) is 4.33. The van der Waals surface area contributed by atoms with Crippen LogP contribution in [0, 0.1) is 10.1 Å². The van der Waals surface area contributed by atoms with Gasteiger partial charge in [0.05, 0.1) is 10.0 Å². The standard InChI is InChI=1S/C17H16Cl2N2O5S/c18-13-3-1-2-12(15(13)19)16(17(22)25-7-8-26-21(23)24)20-6-4-14-11(10-20)5-9-27-14/h1-3,5,9,16H,4,6-8,10H2. The summed E-state index contributed by atoms with van der Waals surface area (Å²) in [5, 5.41) is 12.0. The fourth-order valence-electron chi connectivity index (χ4n) is 3.03. The Morgan fingerprint density at radius 2 is 2.15 bits per heavy atom. The molecule has 144 valence electrons. The molecule has 0 aliphatic carbocycles. The van der Waals surface area contributed by atoms with Gasteiger partial charge in [-0.05, 0) is 29.5 Å². The molecule has 3 rings (SSSR count). The lowest BCUT2D eigenvalue weighted by Gasteiger charge is -2.33. The van der Waals surface area contributed by atoms with Crippen molar-refractivity contribution in [2.45, 2.75) is 19.0 Å². The summed E-state index contributed by atoms with van der Waals surface area (Å²) in [4.78, 5) is 30.5. The van der Waals surface area contributed by atoms with Gasteiger partial charge >= 0.3 is 5.97 Å². The van der Waals surface area contributed by atoms with Crippen molar-refractivity contribution in [1.29, 1.82) is 0 Å². The number of carbonyl (C=O) groups is 1. The molecule has 0 N–H and O–H groups in total. The summed E-state index contributed by atoms with van der Waals surface area (Å²) in [6, 6.07) is 6.38. The van der Waals surface area contributed by atoms with Crippen molar-refractivity contribution in [1.82, 2.24) is 4.90 Å². The zero-order valence-electron chi connectivity index (χ0n) is 14.1. The first-order chi connectivity index (χ1) is 13.0. The van der Waals surface area contributed by atoms with Crippen LogP contribution >= 0.6 is 34.5 Å². The number of rotatable bonds is 7. The van der Waals surface area contributed by atoms with Gasteiger partial charge in [0.2, 0.25) is 0 Å². The Labute approximate surface area is 169 Å². The molecule has 0 fully saturated rings. The number of benzene rings is 1. The molecule has 1 aromatic heterocycles. The lowest BCUT2D eigenvalue weighted by atomic mass is 10.0. The molecule has 1 aliphatic heterocycles. The van der Waals surface area contributed by atoms with E-state index in [2.05, 4.69) is 4.84 Å². The number of ether oxygens (including phenoxy) is 1. The maximum Gasteiger partial charge on any atom is 0.328 e. The molecule has 1 atom stereocenters. The van der Waals surface area contributed by atoms with Crippen molar-refractivity contribution >= 4 is 40.5 Å². The largest absolute Gasteiger partial charge is 0.462 e. The molecule has 2 heterocycles. The van der Waals surface area contributed by atoms with Crippen LogP contribution in [0.5, 0.6) is 0 Å². The van der Waals surface area contributed by atoms with Crippen LogP contribution < -0.4 is 0 Å². The number of fused-ring (bicyclic) bond motifs is 1. The van der Waals surface area contributed by atoms with E-state index in [9.17, 15) is 14.9 Å². The van der Waals surface area contributed by atoms with Gasteiger partial charge in [-0.2, -0.15) is 0 Å². The smallest absolute Gasteiger partial charge is 0.328 e. The number of thiophene rings is 1. The molecule has 0 spiro atoms. The van der Waals surface area contributed by atoms with E-state index >= 15 is 0 Å². The third kappa shape index (κ3) is 4.70. The van der Waals surface area contributed by atoms with E-state index < -0.39 is 17.1 Å². The van der Waals surface area contributed by atoms with Gasteiger partial charge in [0.15, 0.2) is 0 Å². The zero-order valence-corrected chi connectivity index (χ0v) is 16.4. The maximum absolute atomic E-state index is 12.8. The molecule has 0 bridgehead atoms. The average molecular weight is 431 g/mol. The van der Waals surface area contributed by atoms with E-state index in [1.807, 2.05) is 16.3 Å². The van der Waals surface area contributed by atoms with Gasteiger partial charge in [0.25, 0.3) is 5.09 Å². The van der Waals surface area contributed by atoms with Crippen molar-refractivity contribution in [3.05, 3.63) is 65.8 Å². The van der Waals surface area contributed by atoms with Crippen LogP contribution in [0.1, 0.15) is 22.0 Å². The molecule has 27 heavy (non-hydrogen) atoms. The van der Waals surface area contributed by atoms with E-state index in [-0.39, 0.29) is 13.2 Å². The number of hydrogen-bond acceptors (Lipinski definition) is 7. The van der Waals surface area contributed by atoms with Crippen LogP contribution in [0.3, 0.4) is 0 Å². The molecule has 1 unspecified atom stereocenters. The molecule has 10 heteroatoms. The summed E-state index contributed by atoms with van der Waals surface area (Å²) in [6.45, 7) is 0.670. The van der Waals surface area contributed by atoms with Crippen LogP contribution in [0.25, 0.3) is 0 Å². The molecule has 2 aromatic rings. The van der Waals surface area contributed by atoms with Gasteiger partial charge in [-0.25, -0.2) is 4.79 Å². The SMILES string of the molecule is O=C(OCCO[N+](=O)[O-])C(c1cccc(Cl)c1Cl)N1CCc2sccc2C1. The second-order valence-corrected chi connectivity index (χ2v) is 7.65. The van der Waals surface area contributed by atoms with Gasteiger partial charge in [-0.1, -0.05) is 35.3 Å². The molecule has 0 radical (unpaired) electrons. The summed E-state index contributed by atoms with van der Waals surface area (Å²) in [5.41, 5.74) is 1.71. The summed E-state index contributed by atoms with van der Waals surface area (Å²) in [5.74, 6) is -0.551. The number of halogens is 2. The van der Waals surface area contributed by atoms with Crippen molar-refractivity contribution in [3.63, 3.8) is 0 Å². The minimum atomic E-state index is -0.929. The highest BCUT2D eigenvalue weighted by Crippen LogP contribution is 2.36. The first kappa shape index (κ1) is 19.9. The first-order valence-corrected chi connectivity index (χ1v) is 9.78. The topological polar surface area (TPSA) is 81.9 Å². The quantitative estimate of drug-likeness (QED) is 0.286. The molecule has 0 saturated carbocycles. The lowest BCUT2D eigenvalue weighted by Crippen LogP contribution is -2.39. The summed E-state index contributed by atoms with van der Waals surface area (Å²) in [6.07, 6.45) is 0.819. The monoisotopic (exact) mass is 430 g/mol. The van der Waals surface area contributed by atoms with E-state index in [1.165, 1.54) is 10.4 Å². The third-order valence-electron chi connectivity index (χ3n) is 4.23. The first-order valence-electron chi connectivity index (χ1n) is 8.14. The second kappa shape index (κ2) is 8.88. The number of hydrogen-bond donors (Lipinski definition) is 0. The van der Waals surface area contributed by atoms with E-state index in [0.29, 0.717) is 28.7 Å². The molecular formula is C17H16Cl2N2O5S. The Balaban J connectivity index is 1.82. The molecule has 1 aromatic carbocycles. The Bertz CT molecular complexity index is 844. The van der Waals surface area contributed by atoms with Crippen molar-refractivity contribution < 1.29 is 19.5 Å². The highest BCUT2D eigenvalue weighted by atomic mass is 35.5. The Morgan fingerprint density at radius 3 is 2.93 bits per heavy atom. The number of carbonyl (C=O) groups excluding carboxylic acids is 1. The predicted molar refractivity (Wildman–Crippen MR) is 102 cm³/mol. The molecular weight excluding hydrogens is 415 g/mol. The Morgan fingerprint density at radius 1 is 1.33 bits per heavy atom. The summed E-state index contributed by atoms with van der Waals surface area (Å²) >= 11 is 14.2. The van der Waals surface area contributed by atoms with Crippen LogP contribution in [0.2, 0.25) is 10.0 Å². The van der Waals surface area contributed by atoms with Crippen molar-refractivity contribution in [2.24, 2.45) is 0 Å². The van der Waals surface area contributed by atoms with Gasteiger partial charge < -0.3 is 9.57 Å². The second-order valence-electron chi connectivity index (χ2n) is 5.86. The number of nitrogens with zero attached hydrogens (tertiary/aromatic N) is 2. The van der Waals surface area contributed by atoms with Crippen molar-refractivity contribution in [2.75, 3.05) is 19.8 Å². The Kier molecular flexibility index (Phi) is 6.54. The number of esters is 1. The maximum atomic E-state index is 12.8. The third-order valence-corrected chi connectivity index (χ3v) is 6.08. The lowest BCUT2D eigenvalue weighted by molar-refractivity contribution is -0.757. The van der Waals surface area contributed by atoms with Crippen molar-refractivity contribution in [3.8, 4) is 0 Å². The van der Waals surface area contributed by atoms with Crippen LogP contribution in [-0.4, -0.2) is 35.7 Å². The Hall–Kier alpha value is -1.87. The van der Waals surface area contributed by atoms with Gasteiger partial charge in [0, 0.05) is 23.5 Å². The van der Waals surface area contributed by atoms with Gasteiger partial charge in [0.1, 0.15) is 19.3 Å². The fraction of sp³-hybridized carbons (Fsp3) is 0.353. The van der Waals surface area contributed by atoms with E-state index in [4.69, 9.17) is 27.9 Å². The minimum Gasteiger partial charge on any atom is -0.462 e. The highest BCUT2D eigenvalue weighted by molar-refractivity contribution is 7.10. The van der Waals surface area contributed by atoms with Crippen LogP contribution in [0.15, 0.2) is 29.6 Å². The normalized spacial score (nSPS) is 15.0. The minimum absolute atomic E-state index is 0.230. The summed E-state index contributed by atoms with van der Waals surface area (Å²) < 4.78 is 5.22. The van der Waals surface area contributed by atoms with E-state index in [0.717, 1.165) is 6.42 Å². The van der Waals surface area contributed by atoms with Gasteiger partial charge in [-0.15, -0.1) is 21.5 Å². The molecule has 0 saturated heterocycles. The van der Waals surface area contributed by atoms with E-state index in [1.54, 1.807) is 29.5 Å². The molecule has 0 amide bonds. The predicted octanol–water partition coefficient (Wildman–Crippen LogP) is 3.91. The van der Waals surface area contributed by atoms with Crippen LogP contribution in [-0.2, 0) is 27.3 Å². The highest BCUT2D eigenvalue weighted by Gasteiger charge is 2.33. The van der Waals surface area contributed by atoms with Gasteiger partial charge in [-0.3, -0.25) is 4.90 Å². The zero-order chi connectivity index (χ0) is 19.4. The molecule has 7 nitrogen and oxygen atoms in total. The van der Waals surface area contributed by atoms with Crippen LogP contribution in [0.4, 0.5) is 0 Å².